The minimum absolute atomic E-state index is 0.0215. The second kappa shape index (κ2) is 14.6. The van der Waals surface area contributed by atoms with Crippen LogP contribution in [-0.2, 0) is 4.79 Å². The summed E-state index contributed by atoms with van der Waals surface area (Å²) in [6, 6.07) is 7.65. The summed E-state index contributed by atoms with van der Waals surface area (Å²) in [5, 5.41) is 2.95. The molecule has 1 aromatic carbocycles. The molecule has 0 saturated carbocycles. The zero-order chi connectivity index (χ0) is 18.2. The number of carbonyl (C=O) groups is 1. The van der Waals surface area contributed by atoms with E-state index in [0.717, 1.165) is 24.3 Å². The molecule has 0 aliphatic carbocycles. The summed E-state index contributed by atoms with van der Waals surface area (Å²) >= 11 is 0. The van der Waals surface area contributed by atoms with Crippen LogP contribution in [0.5, 0.6) is 5.75 Å². The highest BCUT2D eigenvalue weighted by molar-refractivity contribution is 5.91. The molecule has 0 spiro atoms. The van der Waals surface area contributed by atoms with Gasteiger partial charge in [0.15, 0.2) is 0 Å². The summed E-state index contributed by atoms with van der Waals surface area (Å²) in [5.41, 5.74) is 0.995. The van der Waals surface area contributed by atoms with Gasteiger partial charge in [0.05, 0.1) is 7.11 Å². The van der Waals surface area contributed by atoms with Crippen LogP contribution in [0, 0.1) is 0 Å². The number of ether oxygens (including phenoxy) is 1. The number of hydrogen-bond donors (Lipinski definition) is 1. The Labute approximate surface area is 153 Å². The summed E-state index contributed by atoms with van der Waals surface area (Å²) in [6.07, 6.45) is 16.5. The zero-order valence-electron chi connectivity index (χ0n) is 16.1. The lowest BCUT2D eigenvalue weighted by molar-refractivity contribution is -0.116. The van der Waals surface area contributed by atoms with Crippen LogP contribution in [0.1, 0.15) is 76.7 Å². The fourth-order valence-electron chi connectivity index (χ4n) is 2.77. The Balaban J connectivity index is 1.98. The van der Waals surface area contributed by atoms with Gasteiger partial charge < -0.3 is 10.1 Å². The molecule has 0 radical (unpaired) electrons. The molecular weight excluding hydrogens is 310 g/mol. The van der Waals surface area contributed by atoms with Crippen molar-refractivity contribution in [1.29, 1.82) is 0 Å². The normalized spacial score (nSPS) is 11.0. The summed E-state index contributed by atoms with van der Waals surface area (Å²) in [5.74, 6) is 0.800. The number of unbranched alkanes of at least 4 members (excludes halogenated alkanes) is 9. The Hall–Kier alpha value is -1.77. The number of methoxy groups -OCH3 is 1. The molecule has 0 aromatic heterocycles. The van der Waals surface area contributed by atoms with E-state index in [1.165, 1.54) is 57.8 Å². The molecule has 1 amide bonds. The third-order valence-corrected chi connectivity index (χ3v) is 4.37. The van der Waals surface area contributed by atoms with Gasteiger partial charge in [-0.2, -0.15) is 0 Å². The highest BCUT2D eigenvalue weighted by atomic mass is 16.5. The van der Waals surface area contributed by atoms with Gasteiger partial charge in [-0.15, -0.1) is 0 Å². The van der Waals surface area contributed by atoms with Gasteiger partial charge in [-0.05, 0) is 30.2 Å². The van der Waals surface area contributed by atoms with Crippen LogP contribution < -0.4 is 10.1 Å². The predicted molar refractivity (Wildman–Crippen MR) is 107 cm³/mol. The van der Waals surface area contributed by atoms with Crippen molar-refractivity contribution >= 4 is 12.0 Å². The first-order valence-corrected chi connectivity index (χ1v) is 9.86. The first-order chi connectivity index (χ1) is 12.3. The van der Waals surface area contributed by atoms with Crippen LogP contribution in [0.15, 0.2) is 30.3 Å². The number of hydrogen-bond acceptors (Lipinski definition) is 2. The molecule has 0 aliphatic heterocycles. The van der Waals surface area contributed by atoms with E-state index in [1.54, 1.807) is 13.2 Å². The lowest BCUT2D eigenvalue weighted by Gasteiger charge is -2.03. The minimum Gasteiger partial charge on any atom is -0.497 e. The molecule has 0 atom stereocenters. The molecule has 1 aromatic rings. The van der Waals surface area contributed by atoms with Crippen LogP contribution in [0.25, 0.3) is 6.08 Å². The Morgan fingerprint density at radius 1 is 0.920 bits per heavy atom. The second-order valence-corrected chi connectivity index (χ2v) is 6.58. The number of rotatable bonds is 14. The monoisotopic (exact) mass is 345 g/mol. The lowest BCUT2D eigenvalue weighted by Crippen LogP contribution is -2.21. The molecule has 0 aliphatic rings. The number of amides is 1. The maximum Gasteiger partial charge on any atom is 0.243 e. The van der Waals surface area contributed by atoms with Gasteiger partial charge in [0, 0.05) is 12.6 Å². The van der Waals surface area contributed by atoms with Gasteiger partial charge in [0.25, 0.3) is 0 Å². The predicted octanol–water partition coefficient (Wildman–Crippen LogP) is 5.75. The van der Waals surface area contributed by atoms with Crippen molar-refractivity contribution in [2.24, 2.45) is 0 Å². The van der Waals surface area contributed by atoms with Crippen LogP contribution in [-0.4, -0.2) is 19.6 Å². The topological polar surface area (TPSA) is 38.3 Å². The summed E-state index contributed by atoms with van der Waals surface area (Å²) in [7, 11) is 1.64. The third kappa shape index (κ3) is 11.4. The van der Waals surface area contributed by atoms with Crippen molar-refractivity contribution in [3.63, 3.8) is 0 Å². The Morgan fingerprint density at radius 3 is 2.04 bits per heavy atom. The van der Waals surface area contributed by atoms with Crippen molar-refractivity contribution in [2.75, 3.05) is 13.7 Å². The first-order valence-electron chi connectivity index (χ1n) is 9.86. The maximum atomic E-state index is 11.8. The molecule has 0 bridgehead atoms. The van der Waals surface area contributed by atoms with E-state index in [4.69, 9.17) is 4.74 Å². The molecule has 3 nitrogen and oxygen atoms in total. The van der Waals surface area contributed by atoms with E-state index in [0.29, 0.717) is 0 Å². The highest BCUT2D eigenvalue weighted by Crippen LogP contribution is 2.12. The van der Waals surface area contributed by atoms with Crippen LogP contribution in [0.4, 0.5) is 0 Å². The Kier molecular flexibility index (Phi) is 12.4. The molecule has 0 heterocycles. The van der Waals surface area contributed by atoms with Crippen molar-refractivity contribution in [3.05, 3.63) is 35.9 Å². The molecule has 3 heteroatoms. The van der Waals surface area contributed by atoms with E-state index < -0.39 is 0 Å². The zero-order valence-corrected chi connectivity index (χ0v) is 16.1. The van der Waals surface area contributed by atoms with Gasteiger partial charge in [-0.1, -0.05) is 76.8 Å². The van der Waals surface area contributed by atoms with Gasteiger partial charge >= 0.3 is 0 Å². The molecule has 140 valence electrons. The van der Waals surface area contributed by atoms with E-state index in [1.807, 2.05) is 30.3 Å². The average molecular weight is 346 g/mol. The molecule has 1 N–H and O–H groups in total. The van der Waals surface area contributed by atoms with Gasteiger partial charge in [-0.25, -0.2) is 0 Å². The van der Waals surface area contributed by atoms with E-state index in [9.17, 15) is 4.79 Å². The fraction of sp³-hybridized carbons (Fsp3) is 0.591. The third-order valence-electron chi connectivity index (χ3n) is 4.37. The summed E-state index contributed by atoms with van der Waals surface area (Å²) in [4.78, 5) is 11.8. The number of benzene rings is 1. The first kappa shape index (κ1) is 21.3. The number of carbonyl (C=O) groups excluding carboxylic acids is 1. The molecule has 25 heavy (non-hydrogen) atoms. The molecular formula is C22H35NO2. The smallest absolute Gasteiger partial charge is 0.243 e. The Bertz CT molecular complexity index is 479. The standard InChI is InChI=1S/C22H35NO2/c1-3-4-5-6-7-8-9-10-11-12-19-23-22(24)18-15-20-13-16-21(25-2)17-14-20/h13-18H,3-12,19H2,1-2H3,(H,23,24). The molecule has 0 saturated heterocycles. The molecule has 0 fully saturated rings. The summed E-state index contributed by atoms with van der Waals surface area (Å²) < 4.78 is 5.11. The van der Waals surface area contributed by atoms with E-state index >= 15 is 0 Å². The number of nitrogens with one attached hydrogen (secondary N) is 1. The van der Waals surface area contributed by atoms with E-state index in [2.05, 4.69) is 12.2 Å². The fourth-order valence-corrected chi connectivity index (χ4v) is 2.77. The van der Waals surface area contributed by atoms with Crippen molar-refractivity contribution < 1.29 is 9.53 Å². The minimum atomic E-state index is -0.0215. The average Bonchev–Trinajstić information content (AvgIpc) is 2.65. The van der Waals surface area contributed by atoms with Gasteiger partial charge in [0.2, 0.25) is 5.91 Å². The van der Waals surface area contributed by atoms with Crippen molar-refractivity contribution in [1.82, 2.24) is 5.32 Å². The van der Waals surface area contributed by atoms with E-state index in [-0.39, 0.29) is 5.91 Å². The lowest BCUT2D eigenvalue weighted by atomic mass is 10.1. The molecule has 0 unspecified atom stereocenters. The van der Waals surface area contributed by atoms with Gasteiger partial charge in [-0.3, -0.25) is 4.79 Å². The van der Waals surface area contributed by atoms with Crippen molar-refractivity contribution in [2.45, 2.75) is 71.1 Å². The molecule has 1 rings (SSSR count). The van der Waals surface area contributed by atoms with Crippen LogP contribution in [0.3, 0.4) is 0 Å². The largest absolute Gasteiger partial charge is 0.497 e. The van der Waals surface area contributed by atoms with Crippen LogP contribution >= 0.6 is 0 Å². The Morgan fingerprint density at radius 2 is 1.48 bits per heavy atom. The second-order valence-electron chi connectivity index (χ2n) is 6.58. The summed E-state index contributed by atoms with van der Waals surface area (Å²) in [6.45, 7) is 3.02. The maximum absolute atomic E-state index is 11.8. The van der Waals surface area contributed by atoms with Gasteiger partial charge in [0.1, 0.15) is 5.75 Å². The van der Waals surface area contributed by atoms with Crippen LogP contribution in [0.2, 0.25) is 0 Å². The van der Waals surface area contributed by atoms with Crippen molar-refractivity contribution in [3.8, 4) is 5.75 Å². The SMILES string of the molecule is CCCCCCCCCCCCNC(=O)C=Cc1ccc(OC)cc1. The quantitative estimate of drug-likeness (QED) is 0.344. The highest BCUT2D eigenvalue weighted by Gasteiger charge is 1.96.